The Kier molecular flexibility index (Phi) is 9.08. The molecule has 1 fully saturated rings. The first-order chi connectivity index (χ1) is 13.2. The van der Waals surface area contributed by atoms with Crippen molar-refractivity contribution in [3.63, 3.8) is 0 Å². The summed E-state index contributed by atoms with van der Waals surface area (Å²) in [7, 11) is -1.91. The maximum Gasteiger partial charge on any atom is 0.330 e. The molecule has 166 valence electrons. The van der Waals surface area contributed by atoms with Crippen LogP contribution in [0.1, 0.15) is 54.4 Å². The Morgan fingerprint density at radius 3 is 2.41 bits per heavy atom. The van der Waals surface area contributed by atoms with Gasteiger partial charge < -0.3 is 18.6 Å². The third kappa shape index (κ3) is 8.20. The van der Waals surface area contributed by atoms with Crippen molar-refractivity contribution in [2.75, 3.05) is 0 Å². The maximum atomic E-state index is 11.5. The average molecular weight is 425 g/mol. The summed E-state index contributed by atoms with van der Waals surface area (Å²) in [5.41, 5.74) is 0. The Morgan fingerprint density at radius 1 is 1.28 bits per heavy atom. The van der Waals surface area contributed by atoms with Gasteiger partial charge in [-0.3, -0.25) is 0 Å². The van der Waals surface area contributed by atoms with E-state index >= 15 is 0 Å². The highest BCUT2D eigenvalue weighted by Gasteiger charge is 2.43. The molecule has 4 atom stereocenters. The maximum absolute atomic E-state index is 11.5. The van der Waals surface area contributed by atoms with Gasteiger partial charge in [0.15, 0.2) is 14.1 Å². The molecule has 0 aromatic carbocycles. The summed E-state index contributed by atoms with van der Waals surface area (Å²) in [6, 6.07) is 0. The summed E-state index contributed by atoms with van der Waals surface area (Å²) in [4.78, 5) is 11.5. The van der Waals surface area contributed by atoms with Crippen molar-refractivity contribution < 1.29 is 23.4 Å². The lowest BCUT2D eigenvalue weighted by Gasteiger charge is -2.45. The van der Waals surface area contributed by atoms with E-state index in [1.807, 2.05) is 26.0 Å². The number of esters is 1. The summed E-state index contributed by atoms with van der Waals surface area (Å²) in [6.45, 7) is 24.3. The van der Waals surface area contributed by atoms with Crippen molar-refractivity contribution in [1.82, 2.24) is 0 Å². The molecule has 0 saturated carbocycles. The van der Waals surface area contributed by atoms with Crippen molar-refractivity contribution in [3.05, 3.63) is 37.5 Å². The molecule has 1 saturated heterocycles. The molecule has 0 amide bonds. The van der Waals surface area contributed by atoms with Crippen molar-refractivity contribution >= 4 is 14.3 Å². The minimum absolute atomic E-state index is 0.0440. The monoisotopic (exact) mass is 424 g/mol. The Hall–Kier alpha value is -1.21. The first-order valence-corrected chi connectivity index (χ1v) is 13.3. The highest BCUT2D eigenvalue weighted by atomic mass is 28.4. The molecule has 1 aliphatic heterocycles. The molecule has 1 heterocycles. The van der Waals surface area contributed by atoms with E-state index in [9.17, 15) is 4.79 Å². The lowest BCUT2D eigenvalue weighted by Crippen LogP contribution is -2.52. The number of ether oxygens (including phenoxy) is 3. The molecule has 5 nitrogen and oxygen atoms in total. The van der Waals surface area contributed by atoms with Crippen LogP contribution in [0, 0.1) is 0 Å². The molecule has 0 spiro atoms. The molecule has 0 bridgehead atoms. The number of hydrogen-bond donors (Lipinski definition) is 0. The zero-order valence-electron chi connectivity index (χ0n) is 19.5. The SMILES string of the molecule is C=CCC(/C=C\[C@@H]1C[C@H]([C@H](C)O[Si](C)(C)C(C)(C)C)OC(C)(C)O1)OC(=O)C=C. The second-order valence-corrected chi connectivity index (χ2v) is 14.4. The van der Waals surface area contributed by atoms with Crippen LogP contribution in [0.5, 0.6) is 0 Å². The molecule has 1 unspecified atom stereocenters. The third-order valence-corrected chi connectivity index (χ3v) is 10.1. The molecule has 0 aromatic rings. The average Bonchev–Trinajstić information content (AvgIpc) is 2.57. The summed E-state index contributed by atoms with van der Waals surface area (Å²) in [5, 5.41) is 0.133. The summed E-state index contributed by atoms with van der Waals surface area (Å²) in [5.74, 6) is -1.18. The van der Waals surface area contributed by atoms with Crippen LogP contribution < -0.4 is 0 Å². The molecule has 0 aliphatic carbocycles. The van der Waals surface area contributed by atoms with Crippen molar-refractivity contribution in [2.24, 2.45) is 0 Å². The molecule has 0 N–H and O–H groups in total. The van der Waals surface area contributed by atoms with Gasteiger partial charge in [0, 0.05) is 18.9 Å². The summed E-state index contributed by atoms with van der Waals surface area (Å²) in [6.07, 6.45) is 7.19. The van der Waals surface area contributed by atoms with Crippen LogP contribution in [0.25, 0.3) is 0 Å². The van der Waals surface area contributed by atoms with Crippen molar-refractivity contribution in [1.29, 1.82) is 0 Å². The lowest BCUT2D eigenvalue weighted by atomic mass is 10.0. The van der Waals surface area contributed by atoms with E-state index in [2.05, 4.69) is 53.9 Å². The van der Waals surface area contributed by atoms with Crippen LogP contribution in [-0.4, -0.2) is 44.5 Å². The highest BCUT2D eigenvalue weighted by Crippen LogP contribution is 2.39. The second-order valence-electron chi connectivity index (χ2n) is 9.62. The molecular weight excluding hydrogens is 384 g/mol. The number of hydrogen-bond acceptors (Lipinski definition) is 5. The van der Waals surface area contributed by atoms with Gasteiger partial charge in [-0.25, -0.2) is 4.79 Å². The van der Waals surface area contributed by atoms with Crippen molar-refractivity contribution in [3.8, 4) is 0 Å². The number of rotatable bonds is 9. The van der Waals surface area contributed by atoms with Gasteiger partial charge in [-0.2, -0.15) is 0 Å². The Bertz CT molecular complexity index is 603. The first-order valence-electron chi connectivity index (χ1n) is 10.4. The van der Waals surface area contributed by atoms with Gasteiger partial charge in [-0.1, -0.05) is 39.5 Å². The van der Waals surface area contributed by atoms with E-state index in [0.717, 1.165) is 6.08 Å². The largest absolute Gasteiger partial charge is 0.455 e. The predicted molar refractivity (Wildman–Crippen MR) is 120 cm³/mol. The van der Waals surface area contributed by atoms with E-state index in [4.69, 9.17) is 18.6 Å². The van der Waals surface area contributed by atoms with E-state index in [-0.39, 0.29) is 23.4 Å². The minimum Gasteiger partial charge on any atom is -0.455 e. The normalized spacial score (nSPS) is 24.7. The third-order valence-electron chi connectivity index (χ3n) is 5.52. The molecule has 29 heavy (non-hydrogen) atoms. The van der Waals surface area contributed by atoms with Crippen LogP contribution >= 0.6 is 0 Å². The molecule has 0 radical (unpaired) electrons. The minimum atomic E-state index is -1.91. The van der Waals surface area contributed by atoms with Gasteiger partial charge in [0.1, 0.15) is 6.10 Å². The lowest BCUT2D eigenvalue weighted by molar-refractivity contribution is -0.301. The van der Waals surface area contributed by atoms with E-state index in [1.54, 1.807) is 6.08 Å². The van der Waals surface area contributed by atoms with Gasteiger partial charge in [0.2, 0.25) is 0 Å². The fraction of sp³-hybridized carbons (Fsp3) is 0.696. The summed E-state index contributed by atoms with van der Waals surface area (Å²) < 4.78 is 24.2. The van der Waals surface area contributed by atoms with Crippen LogP contribution in [0.3, 0.4) is 0 Å². The first kappa shape index (κ1) is 25.8. The Labute approximate surface area is 178 Å². The Morgan fingerprint density at radius 2 is 1.90 bits per heavy atom. The van der Waals surface area contributed by atoms with Gasteiger partial charge in [-0.05, 0) is 45.0 Å². The van der Waals surface area contributed by atoms with Crippen LogP contribution in [0.4, 0.5) is 0 Å². The zero-order chi connectivity index (χ0) is 22.5. The van der Waals surface area contributed by atoms with Gasteiger partial charge in [-0.15, -0.1) is 6.58 Å². The quantitative estimate of drug-likeness (QED) is 0.211. The van der Waals surface area contributed by atoms with Gasteiger partial charge >= 0.3 is 5.97 Å². The number of carbonyl (C=O) groups excluding carboxylic acids is 1. The van der Waals surface area contributed by atoms with Gasteiger partial charge in [0.25, 0.3) is 0 Å². The van der Waals surface area contributed by atoms with Crippen LogP contribution in [-0.2, 0) is 23.4 Å². The smallest absolute Gasteiger partial charge is 0.330 e. The highest BCUT2D eigenvalue weighted by molar-refractivity contribution is 6.74. The molecular formula is C23H40O5Si. The van der Waals surface area contributed by atoms with Crippen LogP contribution in [0.15, 0.2) is 37.5 Å². The van der Waals surface area contributed by atoms with Crippen LogP contribution in [0.2, 0.25) is 18.1 Å². The molecule has 1 aliphatic rings. The number of carbonyl (C=O) groups is 1. The van der Waals surface area contributed by atoms with Crippen molar-refractivity contribution in [2.45, 2.75) is 103 Å². The van der Waals surface area contributed by atoms with E-state index in [0.29, 0.717) is 12.8 Å². The Balaban J connectivity index is 2.89. The van der Waals surface area contributed by atoms with E-state index < -0.39 is 26.2 Å². The standard InChI is InChI=1S/C23H40O5Si/c1-11-13-18(25-21(24)12-2)14-15-19-16-20(27-23(7,8)26-19)17(3)28-29(9,10)22(4,5)6/h11-12,14-15,17-20H,1-2,13,16H2,3-10H3/b15-14-/t17-,18?,19+,20+/m0/s1. The van der Waals surface area contributed by atoms with Gasteiger partial charge in [0.05, 0.1) is 18.3 Å². The summed E-state index contributed by atoms with van der Waals surface area (Å²) >= 11 is 0. The topological polar surface area (TPSA) is 54.0 Å². The second kappa shape index (κ2) is 10.2. The molecule has 6 heteroatoms. The predicted octanol–water partition coefficient (Wildman–Crippen LogP) is 5.54. The van der Waals surface area contributed by atoms with E-state index in [1.165, 1.54) is 0 Å². The molecule has 0 aromatic heterocycles. The molecule has 1 rings (SSSR count). The fourth-order valence-electron chi connectivity index (χ4n) is 2.98. The zero-order valence-corrected chi connectivity index (χ0v) is 20.5. The fourth-order valence-corrected chi connectivity index (χ4v) is 4.41.